The minimum absolute atomic E-state index is 0.397. The average Bonchev–Trinajstić information content (AvgIpc) is 2.05. The summed E-state index contributed by atoms with van der Waals surface area (Å²) in [4.78, 5) is 14.3. The second-order valence-electron chi connectivity index (χ2n) is 2.32. The van der Waals surface area contributed by atoms with E-state index < -0.39 is 12.2 Å². The summed E-state index contributed by atoms with van der Waals surface area (Å²) in [5.41, 5.74) is 6.20. The van der Waals surface area contributed by atoms with E-state index >= 15 is 0 Å². The molecule has 1 aromatic heterocycles. The summed E-state index contributed by atoms with van der Waals surface area (Å²) in [7, 11) is 0. The molecule has 4 nitrogen and oxygen atoms in total. The van der Waals surface area contributed by atoms with Gasteiger partial charge in [0.2, 0.25) is 0 Å². The first-order valence-corrected chi connectivity index (χ1v) is 3.53. The molecule has 0 radical (unpaired) electrons. The first-order valence-electron chi connectivity index (χ1n) is 3.53. The Bertz CT molecular complexity index is 261. The molecule has 0 aliphatic rings. The molecule has 2 N–H and O–H groups in total. The minimum atomic E-state index is -0.712. The van der Waals surface area contributed by atoms with Gasteiger partial charge in [-0.2, -0.15) is 0 Å². The van der Waals surface area contributed by atoms with Crippen LogP contribution in [0, 0.1) is 0 Å². The van der Waals surface area contributed by atoms with Gasteiger partial charge in [-0.15, -0.1) is 0 Å². The predicted octanol–water partition coefficient (Wildman–Crippen LogP) is 0.602. The molecule has 0 saturated heterocycles. The van der Waals surface area contributed by atoms with Crippen molar-refractivity contribution in [1.82, 2.24) is 4.98 Å². The van der Waals surface area contributed by atoms with Crippen LogP contribution in [0.5, 0.6) is 0 Å². The van der Waals surface area contributed by atoms with E-state index in [1.165, 1.54) is 6.92 Å². The monoisotopic (exact) mass is 166 g/mol. The van der Waals surface area contributed by atoms with E-state index in [4.69, 9.17) is 10.5 Å². The molecule has 0 bridgehead atoms. The number of aromatic nitrogens is 1. The molecular formula is C8H10N2O2. The fourth-order valence-corrected chi connectivity index (χ4v) is 0.791. The van der Waals surface area contributed by atoms with Crippen LogP contribution in [-0.4, -0.2) is 11.0 Å². The Balaban J connectivity index is 2.65. The van der Waals surface area contributed by atoms with E-state index in [1.54, 1.807) is 24.5 Å². The lowest BCUT2D eigenvalue weighted by Crippen LogP contribution is -2.17. The quantitative estimate of drug-likeness (QED) is 0.516. The Hall–Kier alpha value is -1.42. The molecule has 0 saturated carbocycles. The van der Waals surface area contributed by atoms with Crippen molar-refractivity contribution in [3.8, 4) is 0 Å². The smallest absolute Gasteiger partial charge is 0.304 e. The second-order valence-corrected chi connectivity index (χ2v) is 2.32. The molecule has 12 heavy (non-hydrogen) atoms. The van der Waals surface area contributed by atoms with Gasteiger partial charge in [0.05, 0.1) is 0 Å². The van der Waals surface area contributed by atoms with Crippen LogP contribution in [0.1, 0.15) is 18.7 Å². The largest absolute Gasteiger partial charge is 0.443 e. The van der Waals surface area contributed by atoms with Crippen molar-refractivity contribution >= 4 is 5.97 Å². The summed E-state index contributed by atoms with van der Waals surface area (Å²) in [6, 6.07) is 3.49. The van der Waals surface area contributed by atoms with Gasteiger partial charge in [-0.05, 0) is 6.07 Å². The van der Waals surface area contributed by atoms with Crippen molar-refractivity contribution in [2.45, 2.75) is 13.2 Å². The summed E-state index contributed by atoms with van der Waals surface area (Å²) >= 11 is 0. The maximum Gasteiger partial charge on any atom is 0.304 e. The Labute approximate surface area is 70.4 Å². The third kappa shape index (κ3) is 2.32. The van der Waals surface area contributed by atoms with Crippen LogP contribution in [0.4, 0.5) is 0 Å². The molecule has 0 aromatic carbocycles. The highest BCUT2D eigenvalue weighted by Crippen LogP contribution is 2.08. The lowest BCUT2D eigenvalue weighted by molar-refractivity contribution is -0.146. The lowest BCUT2D eigenvalue weighted by atomic mass is 10.2. The van der Waals surface area contributed by atoms with Gasteiger partial charge in [-0.3, -0.25) is 15.5 Å². The molecule has 64 valence electrons. The van der Waals surface area contributed by atoms with Crippen LogP contribution in [0.2, 0.25) is 0 Å². The molecule has 1 aromatic rings. The molecule has 0 aliphatic carbocycles. The molecule has 0 amide bonds. The molecule has 1 unspecified atom stereocenters. The number of nitrogens with two attached hydrogens (primary N) is 1. The Morgan fingerprint density at radius 2 is 2.50 bits per heavy atom. The highest BCUT2D eigenvalue weighted by molar-refractivity contribution is 5.66. The van der Waals surface area contributed by atoms with Crippen LogP contribution in [0.25, 0.3) is 0 Å². The van der Waals surface area contributed by atoms with Crippen molar-refractivity contribution in [2.24, 2.45) is 5.73 Å². The molecule has 0 aliphatic heterocycles. The number of pyridine rings is 1. The Morgan fingerprint density at radius 3 is 3.00 bits per heavy atom. The summed E-state index contributed by atoms with van der Waals surface area (Å²) in [5, 5.41) is 0. The third-order valence-electron chi connectivity index (χ3n) is 1.31. The summed E-state index contributed by atoms with van der Waals surface area (Å²) < 4.78 is 4.74. The normalized spacial score (nSPS) is 12.2. The van der Waals surface area contributed by atoms with Gasteiger partial charge in [0.1, 0.15) is 0 Å². The number of hydrogen-bond donors (Lipinski definition) is 1. The van der Waals surface area contributed by atoms with Gasteiger partial charge < -0.3 is 4.74 Å². The van der Waals surface area contributed by atoms with Gasteiger partial charge in [-0.25, -0.2) is 0 Å². The van der Waals surface area contributed by atoms with E-state index in [0.717, 1.165) is 0 Å². The summed E-state index contributed by atoms with van der Waals surface area (Å²) in [5.74, 6) is -0.397. The standard InChI is InChI=1S/C8H10N2O2/c1-6(11)12-8(9)7-3-2-4-10-5-7/h2-5,8H,9H2,1H3. The number of carbonyl (C=O) groups excluding carboxylic acids is 1. The van der Waals surface area contributed by atoms with E-state index in [2.05, 4.69) is 4.98 Å². The number of carbonyl (C=O) groups is 1. The number of rotatable bonds is 2. The maximum absolute atomic E-state index is 10.5. The van der Waals surface area contributed by atoms with Crippen molar-refractivity contribution in [1.29, 1.82) is 0 Å². The Morgan fingerprint density at radius 1 is 1.75 bits per heavy atom. The molecule has 1 atom stereocenters. The number of esters is 1. The predicted molar refractivity (Wildman–Crippen MR) is 42.9 cm³/mol. The van der Waals surface area contributed by atoms with Crippen LogP contribution in [-0.2, 0) is 9.53 Å². The number of nitrogens with zero attached hydrogens (tertiary/aromatic N) is 1. The second kappa shape index (κ2) is 3.82. The van der Waals surface area contributed by atoms with Crippen molar-refractivity contribution < 1.29 is 9.53 Å². The Kier molecular flexibility index (Phi) is 2.76. The summed E-state index contributed by atoms with van der Waals surface area (Å²) in [6.07, 6.45) is 2.48. The minimum Gasteiger partial charge on any atom is -0.443 e. The SMILES string of the molecule is CC(=O)OC(N)c1cccnc1. The number of hydrogen-bond acceptors (Lipinski definition) is 4. The first-order chi connectivity index (χ1) is 5.70. The van der Waals surface area contributed by atoms with E-state index in [0.29, 0.717) is 5.56 Å². The molecule has 1 rings (SSSR count). The third-order valence-corrected chi connectivity index (χ3v) is 1.31. The van der Waals surface area contributed by atoms with Gasteiger partial charge in [0, 0.05) is 24.9 Å². The van der Waals surface area contributed by atoms with E-state index in [1.807, 2.05) is 0 Å². The van der Waals surface area contributed by atoms with Gasteiger partial charge >= 0.3 is 5.97 Å². The lowest BCUT2D eigenvalue weighted by Gasteiger charge is -2.10. The fraction of sp³-hybridized carbons (Fsp3) is 0.250. The maximum atomic E-state index is 10.5. The average molecular weight is 166 g/mol. The van der Waals surface area contributed by atoms with Gasteiger partial charge in [-0.1, -0.05) is 6.07 Å². The van der Waals surface area contributed by atoms with Crippen molar-refractivity contribution in [3.05, 3.63) is 30.1 Å². The van der Waals surface area contributed by atoms with E-state index in [-0.39, 0.29) is 0 Å². The van der Waals surface area contributed by atoms with Crippen molar-refractivity contribution in [3.63, 3.8) is 0 Å². The van der Waals surface area contributed by atoms with Gasteiger partial charge in [0.15, 0.2) is 6.23 Å². The highest BCUT2D eigenvalue weighted by Gasteiger charge is 2.07. The topological polar surface area (TPSA) is 65.2 Å². The first kappa shape index (κ1) is 8.67. The highest BCUT2D eigenvalue weighted by atomic mass is 16.5. The molecule has 1 heterocycles. The molecular weight excluding hydrogens is 156 g/mol. The van der Waals surface area contributed by atoms with E-state index in [9.17, 15) is 4.79 Å². The van der Waals surface area contributed by atoms with Crippen LogP contribution < -0.4 is 5.73 Å². The number of ether oxygens (including phenoxy) is 1. The van der Waals surface area contributed by atoms with Crippen LogP contribution in [0.15, 0.2) is 24.5 Å². The van der Waals surface area contributed by atoms with Crippen molar-refractivity contribution in [2.75, 3.05) is 0 Å². The fourth-order valence-electron chi connectivity index (χ4n) is 0.791. The van der Waals surface area contributed by atoms with Crippen LogP contribution >= 0.6 is 0 Å². The zero-order valence-corrected chi connectivity index (χ0v) is 6.73. The van der Waals surface area contributed by atoms with Gasteiger partial charge in [0.25, 0.3) is 0 Å². The molecule has 0 spiro atoms. The molecule has 0 fully saturated rings. The zero-order chi connectivity index (χ0) is 8.97. The molecule has 4 heteroatoms. The zero-order valence-electron chi connectivity index (χ0n) is 6.73. The van der Waals surface area contributed by atoms with Crippen LogP contribution in [0.3, 0.4) is 0 Å². The summed E-state index contributed by atoms with van der Waals surface area (Å²) in [6.45, 7) is 1.32.